The second-order valence-corrected chi connectivity index (χ2v) is 5.21. The van der Waals surface area contributed by atoms with E-state index in [1.807, 2.05) is 6.07 Å². The molecule has 1 amide bonds. The molecule has 4 nitrogen and oxygen atoms in total. The average Bonchev–Trinajstić information content (AvgIpc) is 3.06. The second-order valence-electron chi connectivity index (χ2n) is 5.21. The number of nitrogens with zero attached hydrogens (tertiary/aromatic N) is 1. The summed E-state index contributed by atoms with van der Waals surface area (Å²) in [4.78, 5) is 19.3. The molecule has 0 bridgehead atoms. The van der Waals surface area contributed by atoms with Crippen molar-refractivity contribution in [3.05, 3.63) is 53.6 Å². The van der Waals surface area contributed by atoms with E-state index in [1.54, 1.807) is 12.5 Å². The summed E-state index contributed by atoms with van der Waals surface area (Å²) < 4.78 is 0. The van der Waals surface area contributed by atoms with Gasteiger partial charge in [-0.05, 0) is 25.3 Å². The number of aryl methyl sites for hydroxylation is 1. The molecular formula is C15H17N3O. The smallest absolute Gasteiger partial charge is 0.230 e. The van der Waals surface area contributed by atoms with Crippen molar-refractivity contribution in [1.82, 2.24) is 15.3 Å². The Hall–Kier alpha value is -2.10. The fraction of sp³-hybridized carbons (Fsp3) is 0.333. The van der Waals surface area contributed by atoms with E-state index < -0.39 is 0 Å². The minimum absolute atomic E-state index is 0.118. The van der Waals surface area contributed by atoms with Crippen molar-refractivity contribution in [3.63, 3.8) is 0 Å². The van der Waals surface area contributed by atoms with Crippen LogP contribution in [-0.2, 0) is 16.8 Å². The first kappa shape index (κ1) is 12.0. The molecule has 19 heavy (non-hydrogen) atoms. The fourth-order valence-corrected chi connectivity index (χ4v) is 2.44. The minimum Gasteiger partial charge on any atom is -0.350 e. The molecule has 1 saturated carbocycles. The molecule has 1 aromatic carbocycles. The molecule has 2 aromatic rings. The van der Waals surface area contributed by atoms with E-state index in [1.165, 1.54) is 5.56 Å². The molecule has 0 unspecified atom stereocenters. The van der Waals surface area contributed by atoms with Crippen LogP contribution in [0.5, 0.6) is 0 Å². The van der Waals surface area contributed by atoms with E-state index in [0.717, 1.165) is 24.1 Å². The summed E-state index contributed by atoms with van der Waals surface area (Å²) >= 11 is 0. The molecule has 1 heterocycles. The van der Waals surface area contributed by atoms with Gasteiger partial charge in [0.15, 0.2) is 0 Å². The molecule has 0 radical (unpaired) electrons. The highest BCUT2D eigenvalue weighted by Crippen LogP contribution is 2.48. The van der Waals surface area contributed by atoms with E-state index in [-0.39, 0.29) is 11.3 Å². The Morgan fingerprint density at radius 1 is 1.47 bits per heavy atom. The highest BCUT2D eigenvalue weighted by atomic mass is 16.2. The van der Waals surface area contributed by atoms with Crippen molar-refractivity contribution in [2.75, 3.05) is 0 Å². The van der Waals surface area contributed by atoms with Gasteiger partial charge in [0.25, 0.3) is 0 Å². The molecule has 1 fully saturated rings. The minimum atomic E-state index is -0.300. The summed E-state index contributed by atoms with van der Waals surface area (Å²) in [5, 5.41) is 3.00. The lowest BCUT2D eigenvalue weighted by molar-refractivity contribution is -0.123. The summed E-state index contributed by atoms with van der Waals surface area (Å²) in [6.45, 7) is 2.56. The van der Waals surface area contributed by atoms with Crippen LogP contribution in [0.4, 0.5) is 0 Å². The monoisotopic (exact) mass is 255 g/mol. The lowest BCUT2D eigenvalue weighted by Gasteiger charge is -2.16. The molecule has 1 aromatic heterocycles. The Labute approximate surface area is 112 Å². The molecule has 1 aliphatic rings. The molecule has 3 rings (SSSR count). The van der Waals surface area contributed by atoms with Crippen LogP contribution < -0.4 is 5.32 Å². The molecule has 98 valence electrons. The van der Waals surface area contributed by atoms with E-state index in [0.29, 0.717) is 6.54 Å². The number of carbonyl (C=O) groups excluding carboxylic acids is 1. The Morgan fingerprint density at radius 2 is 2.32 bits per heavy atom. The van der Waals surface area contributed by atoms with Gasteiger partial charge in [-0.15, -0.1) is 0 Å². The summed E-state index contributed by atoms with van der Waals surface area (Å²) in [6, 6.07) is 8.24. The van der Waals surface area contributed by atoms with Crippen molar-refractivity contribution in [2.45, 2.75) is 31.7 Å². The molecule has 0 atom stereocenters. The van der Waals surface area contributed by atoms with Crippen LogP contribution in [0.25, 0.3) is 0 Å². The SMILES string of the molecule is Cc1cccc(C2(C(=O)NCc3cnc[nH]3)CC2)c1. The van der Waals surface area contributed by atoms with Gasteiger partial charge in [-0.3, -0.25) is 4.79 Å². The summed E-state index contributed by atoms with van der Waals surface area (Å²) in [6.07, 6.45) is 5.22. The first-order valence-corrected chi connectivity index (χ1v) is 6.53. The van der Waals surface area contributed by atoms with Crippen LogP contribution in [0.3, 0.4) is 0 Å². The third-order valence-corrected chi connectivity index (χ3v) is 3.75. The zero-order valence-corrected chi connectivity index (χ0v) is 10.9. The average molecular weight is 255 g/mol. The number of H-pyrrole nitrogens is 1. The van der Waals surface area contributed by atoms with Crippen LogP contribution in [0, 0.1) is 6.92 Å². The molecule has 0 saturated heterocycles. The summed E-state index contributed by atoms with van der Waals surface area (Å²) in [7, 11) is 0. The number of carbonyl (C=O) groups is 1. The van der Waals surface area contributed by atoms with Crippen LogP contribution in [0.2, 0.25) is 0 Å². The highest BCUT2D eigenvalue weighted by molar-refractivity contribution is 5.91. The molecular weight excluding hydrogens is 238 g/mol. The lowest BCUT2D eigenvalue weighted by atomic mass is 9.93. The number of aromatic amines is 1. The maximum Gasteiger partial charge on any atom is 0.230 e. The molecule has 1 aliphatic carbocycles. The summed E-state index contributed by atoms with van der Waals surface area (Å²) in [5.41, 5.74) is 2.96. The van der Waals surface area contributed by atoms with Crippen LogP contribution in [0.15, 0.2) is 36.8 Å². The zero-order valence-electron chi connectivity index (χ0n) is 10.9. The Balaban J connectivity index is 1.72. The number of rotatable bonds is 4. The lowest BCUT2D eigenvalue weighted by Crippen LogP contribution is -2.34. The Morgan fingerprint density at radius 3 is 2.95 bits per heavy atom. The molecule has 0 aliphatic heterocycles. The van der Waals surface area contributed by atoms with Crippen LogP contribution >= 0.6 is 0 Å². The highest BCUT2D eigenvalue weighted by Gasteiger charge is 2.51. The first-order valence-electron chi connectivity index (χ1n) is 6.53. The largest absolute Gasteiger partial charge is 0.350 e. The predicted octanol–water partition coefficient (Wildman–Crippen LogP) is 2.07. The van der Waals surface area contributed by atoms with Gasteiger partial charge in [-0.1, -0.05) is 29.8 Å². The van der Waals surface area contributed by atoms with Crippen molar-refractivity contribution < 1.29 is 4.79 Å². The molecule has 2 N–H and O–H groups in total. The third kappa shape index (κ3) is 2.26. The normalized spacial score (nSPS) is 16.1. The van der Waals surface area contributed by atoms with Crippen molar-refractivity contribution >= 4 is 5.91 Å². The van der Waals surface area contributed by atoms with Gasteiger partial charge >= 0.3 is 0 Å². The number of hydrogen-bond acceptors (Lipinski definition) is 2. The number of aromatic nitrogens is 2. The van der Waals surface area contributed by atoms with Crippen molar-refractivity contribution in [1.29, 1.82) is 0 Å². The number of imidazole rings is 1. The first-order chi connectivity index (χ1) is 9.21. The quantitative estimate of drug-likeness (QED) is 0.878. The van der Waals surface area contributed by atoms with Gasteiger partial charge in [0.1, 0.15) is 0 Å². The topological polar surface area (TPSA) is 57.8 Å². The Bertz CT molecular complexity index is 585. The van der Waals surface area contributed by atoms with Crippen molar-refractivity contribution in [3.8, 4) is 0 Å². The maximum absolute atomic E-state index is 12.4. The maximum atomic E-state index is 12.4. The standard InChI is InChI=1S/C15H17N3O/c1-11-3-2-4-12(7-11)15(5-6-15)14(19)17-9-13-8-16-10-18-13/h2-4,7-8,10H,5-6,9H2,1H3,(H,16,18)(H,17,19). The molecule has 4 heteroatoms. The number of amides is 1. The number of benzene rings is 1. The summed E-state index contributed by atoms with van der Waals surface area (Å²) in [5.74, 6) is 0.118. The second kappa shape index (κ2) is 4.53. The van der Waals surface area contributed by atoms with Crippen LogP contribution in [0.1, 0.15) is 29.7 Å². The van der Waals surface area contributed by atoms with Gasteiger partial charge in [0.05, 0.1) is 24.0 Å². The zero-order chi connectivity index (χ0) is 13.3. The van der Waals surface area contributed by atoms with E-state index in [4.69, 9.17) is 0 Å². The van der Waals surface area contributed by atoms with E-state index in [9.17, 15) is 4.79 Å². The van der Waals surface area contributed by atoms with Gasteiger partial charge in [0.2, 0.25) is 5.91 Å². The van der Waals surface area contributed by atoms with Gasteiger partial charge in [-0.25, -0.2) is 4.98 Å². The molecule has 0 spiro atoms. The van der Waals surface area contributed by atoms with Gasteiger partial charge < -0.3 is 10.3 Å². The number of nitrogens with one attached hydrogen (secondary N) is 2. The van der Waals surface area contributed by atoms with E-state index >= 15 is 0 Å². The Kier molecular flexibility index (Phi) is 2.85. The predicted molar refractivity (Wildman–Crippen MR) is 72.5 cm³/mol. The van der Waals surface area contributed by atoms with E-state index in [2.05, 4.69) is 40.4 Å². The van der Waals surface area contributed by atoms with Crippen LogP contribution in [-0.4, -0.2) is 15.9 Å². The van der Waals surface area contributed by atoms with Gasteiger partial charge in [-0.2, -0.15) is 0 Å². The number of hydrogen-bond donors (Lipinski definition) is 2. The third-order valence-electron chi connectivity index (χ3n) is 3.75. The fourth-order valence-electron chi connectivity index (χ4n) is 2.44. The van der Waals surface area contributed by atoms with Gasteiger partial charge in [0, 0.05) is 6.20 Å². The van der Waals surface area contributed by atoms with Crippen molar-refractivity contribution in [2.24, 2.45) is 0 Å².